The van der Waals surface area contributed by atoms with Crippen LogP contribution in [0.3, 0.4) is 0 Å². The average Bonchev–Trinajstić information content (AvgIpc) is 2.43. The quantitative estimate of drug-likeness (QED) is 0.645. The summed E-state index contributed by atoms with van der Waals surface area (Å²) >= 11 is 0. The van der Waals surface area contributed by atoms with E-state index in [0.717, 1.165) is 12.8 Å². The monoisotopic (exact) mass is 292 g/mol. The molecule has 0 fully saturated rings. The molecule has 118 valence electrons. The fraction of sp³-hybridized carbons (Fsp3) is 0.588. The Kier molecular flexibility index (Phi) is 7.83. The second kappa shape index (κ2) is 9.40. The molecule has 0 saturated carbocycles. The summed E-state index contributed by atoms with van der Waals surface area (Å²) in [5.41, 5.74) is 2.66. The van der Waals surface area contributed by atoms with Crippen molar-refractivity contribution < 1.29 is 9.90 Å². The lowest BCUT2D eigenvalue weighted by Gasteiger charge is -2.09. The molecule has 0 aromatic heterocycles. The van der Waals surface area contributed by atoms with Gasteiger partial charge in [-0.05, 0) is 43.2 Å². The highest BCUT2D eigenvalue weighted by Crippen LogP contribution is 2.15. The Balaban J connectivity index is 2.14. The minimum Gasteiger partial charge on any atom is -0.393 e. The zero-order valence-corrected chi connectivity index (χ0v) is 13.4. The molecule has 0 aliphatic rings. The van der Waals surface area contributed by atoms with Gasteiger partial charge in [-0.15, -0.1) is 0 Å². The highest BCUT2D eigenvalue weighted by Gasteiger charge is 2.02. The minimum absolute atomic E-state index is 0.161. The number of aliphatic hydroxyl groups excluding tert-OH is 1. The van der Waals surface area contributed by atoms with Gasteiger partial charge in [0.2, 0.25) is 0 Å². The van der Waals surface area contributed by atoms with Crippen molar-refractivity contribution in [2.45, 2.75) is 52.1 Å². The number of nitrogens with one attached hydrogen (secondary N) is 2. The lowest BCUT2D eigenvalue weighted by molar-refractivity contribution is 0.183. The van der Waals surface area contributed by atoms with Gasteiger partial charge < -0.3 is 15.7 Å². The van der Waals surface area contributed by atoms with E-state index in [4.69, 9.17) is 5.11 Å². The maximum atomic E-state index is 11.5. The molecule has 1 unspecified atom stereocenters. The Morgan fingerprint density at radius 1 is 1.10 bits per heavy atom. The van der Waals surface area contributed by atoms with Crippen LogP contribution in [0.15, 0.2) is 24.3 Å². The van der Waals surface area contributed by atoms with Crippen molar-refractivity contribution in [3.8, 4) is 0 Å². The number of aliphatic hydroxyl groups is 1. The first-order chi connectivity index (χ1) is 9.99. The number of carbonyl (C=O) groups excluding carboxylic acids is 1. The highest BCUT2D eigenvalue weighted by molar-refractivity contribution is 5.73. The van der Waals surface area contributed by atoms with Crippen molar-refractivity contribution in [1.29, 1.82) is 0 Å². The van der Waals surface area contributed by atoms with E-state index in [0.29, 0.717) is 25.4 Å². The van der Waals surface area contributed by atoms with Crippen molar-refractivity contribution in [3.63, 3.8) is 0 Å². The normalized spacial score (nSPS) is 12.2. The molecule has 0 radical (unpaired) electrons. The van der Waals surface area contributed by atoms with Crippen molar-refractivity contribution in [3.05, 3.63) is 35.4 Å². The Bertz CT molecular complexity index is 413. The lowest BCUT2D eigenvalue weighted by atomic mass is 10.0. The van der Waals surface area contributed by atoms with Crippen molar-refractivity contribution in [1.82, 2.24) is 10.6 Å². The van der Waals surface area contributed by atoms with Crippen LogP contribution in [-0.4, -0.2) is 30.3 Å². The molecule has 21 heavy (non-hydrogen) atoms. The van der Waals surface area contributed by atoms with Gasteiger partial charge in [-0.25, -0.2) is 4.79 Å². The number of benzene rings is 1. The molecule has 0 spiro atoms. The molecule has 0 saturated heterocycles. The number of rotatable bonds is 8. The third-order valence-electron chi connectivity index (χ3n) is 3.42. The molecule has 3 N–H and O–H groups in total. The van der Waals surface area contributed by atoms with Crippen LogP contribution in [0.5, 0.6) is 0 Å². The number of carbonyl (C=O) groups is 1. The van der Waals surface area contributed by atoms with Crippen LogP contribution in [-0.2, 0) is 6.42 Å². The Morgan fingerprint density at radius 2 is 1.71 bits per heavy atom. The fourth-order valence-electron chi connectivity index (χ4n) is 2.02. The zero-order chi connectivity index (χ0) is 15.7. The Labute approximate surface area is 128 Å². The summed E-state index contributed by atoms with van der Waals surface area (Å²) in [6.07, 6.45) is 2.09. The van der Waals surface area contributed by atoms with Gasteiger partial charge >= 0.3 is 6.03 Å². The summed E-state index contributed by atoms with van der Waals surface area (Å²) < 4.78 is 0. The number of urea groups is 1. The molecule has 1 rings (SSSR count). The summed E-state index contributed by atoms with van der Waals surface area (Å²) in [6.45, 7) is 7.25. The van der Waals surface area contributed by atoms with E-state index in [1.54, 1.807) is 6.92 Å². The van der Waals surface area contributed by atoms with Crippen LogP contribution in [0.2, 0.25) is 0 Å². The number of aryl methyl sites for hydroxylation is 1. The molecule has 1 aromatic rings. The number of hydrogen-bond acceptors (Lipinski definition) is 2. The molecule has 0 bridgehead atoms. The number of amides is 2. The van der Waals surface area contributed by atoms with Gasteiger partial charge in [0.25, 0.3) is 0 Å². The zero-order valence-electron chi connectivity index (χ0n) is 13.4. The van der Waals surface area contributed by atoms with Crippen LogP contribution in [0.4, 0.5) is 4.79 Å². The molecular weight excluding hydrogens is 264 g/mol. The molecule has 2 amide bonds. The fourth-order valence-corrected chi connectivity index (χ4v) is 2.02. The van der Waals surface area contributed by atoms with E-state index in [-0.39, 0.29) is 12.1 Å². The van der Waals surface area contributed by atoms with Gasteiger partial charge in [0, 0.05) is 13.1 Å². The molecule has 1 aromatic carbocycles. The summed E-state index contributed by atoms with van der Waals surface area (Å²) in [5, 5.41) is 14.6. The number of hydrogen-bond donors (Lipinski definition) is 3. The summed E-state index contributed by atoms with van der Waals surface area (Å²) in [5.74, 6) is 0.561. The van der Waals surface area contributed by atoms with E-state index in [1.807, 2.05) is 0 Å². The highest BCUT2D eigenvalue weighted by atomic mass is 16.3. The first-order valence-electron chi connectivity index (χ1n) is 7.77. The summed E-state index contributed by atoms with van der Waals surface area (Å²) in [4.78, 5) is 11.5. The van der Waals surface area contributed by atoms with Crippen LogP contribution in [0, 0.1) is 0 Å². The Hall–Kier alpha value is -1.55. The summed E-state index contributed by atoms with van der Waals surface area (Å²) in [6, 6.07) is 8.52. The second-order valence-electron chi connectivity index (χ2n) is 5.82. The van der Waals surface area contributed by atoms with E-state index in [1.165, 1.54) is 11.1 Å². The van der Waals surface area contributed by atoms with E-state index in [2.05, 4.69) is 48.7 Å². The molecule has 0 aliphatic carbocycles. The van der Waals surface area contributed by atoms with Crippen LogP contribution >= 0.6 is 0 Å². The van der Waals surface area contributed by atoms with Crippen molar-refractivity contribution in [2.24, 2.45) is 0 Å². The van der Waals surface area contributed by atoms with Gasteiger partial charge in [0.15, 0.2) is 0 Å². The predicted molar refractivity (Wildman–Crippen MR) is 86.6 cm³/mol. The minimum atomic E-state index is -0.376. The maximum absolute atomic E-state index is 11.5. The van der Waals surface area contributed by atoms with Gasteiger partial charge in [-0.1, -0.05) is 38.1 Å². The van der Waals surface area contributed by atoms with Crippen LogP contribution in [0.25, 0.3) is 0 Å². The molecule has 0 aliphatic heterocycles. The van der Waals surface area contributed by atoms with Crippen LogP contribution in [0.1, 0.15) is 50.7 Å². The molecule has 4 nitrogen and oxygen atoms in total. The summed E-state index contributed by atoms with van der Waals surface area (Å²) in [7, 11) is 0. The van der Waals surface area contributed by atoms with Gasteiger partial charge in [0.1, 0.15) is 0 Å². The SMILES string of the molecule is CC(O)CCNC(=O)NCCCc1ccc(C(C)C)cc1. The third-order valence-corrected chi connectivity index (χ3v) is 3.42. The molecule has 1 atom stereocenters. The molecule has 4 heteroatoms. The van der Waals surface area contributed by atoms with Crippen molar-refractivity contribution in [2.75, 3.05) is 13.1 Å². The Morgan fingerprint density at radius 3 is 2.29 bits per heavy atom. The molecule has 0 heterocycles. The van der Waals surface area contributed by atoms with Crippen molar-refractivity contribution >= 4 is 6.03 Å². The topological polar surface area (TPSA) is 61.4 Å². The molecular formula is C17H28N2O2. The van der Waals surface area contributed by atoms with E-state index < -0.39 is 0 Å². The predicted octanol–water partition coefficient (Wildman–Crippen LogP) is 2.81. The van der Waals surface area contributed by atoms with Crippen LogP contribution < -0.4 is 10.6 Å². The smallest absolute Gasteiger partial charge is 0.314 e. The van der Waals surface area contributed by atoms with E-state index in [9.17, 15) is 4.79 Å². The largest absolute Gasteiger partial charge is 0.393 e. The standard InChI is InChI=1S/C17H28N2O2/c1-13(2)16-8-6-15(7-9-16)5-4-11-18-17(21)19-12-10-14(3)20/h6-9,13-14,20H,4-5,10-12H2,1-3H3,(H2,18,19,21). The van der Waals surface area contributed by atoms with Gasteiger partial charge in [-0.3, -0.25) is 0 Å². The third kappa shape index (κ3) is 7.71. The second-order valence-corrected chi connectivity index (χ2v) is 5.82. The maximum Gasteiger partial charge on any atom is 0.314 e. The first-order valence-corrected chi connectivity index (χ1v) is 7.77. The first kappa shape index (κ1) is 17.5. The van der Waals surface area contributed by atoms with E-state index >= 15 is 0 Å². The average molecular weight is 292 g/mol. The lowest BCUT2D eigenvalue weighted by Crippen LogP contribution is -2.37. The van der Waals surface area contributed by atoms with Gasteiger partial charge in [-0.2, -0.15) is 0 Å². The van der Waals surface area contributed by atoms with Gasteiger partial charge in [0.05, 0.1) is 6.10 Å².